The maximum absolute atomic E-state index is 13.1. The van der Waals surface area contributed by atoms with E-state index < -0.39 is 97.5 Å². The van der Waals surface area contributed by atoms with Crippen LogP contribution in [0.1, 0.15) is 402 Å². The van der Waals surface area contributed by atoms with Crippen molar-refractivity contribution in [1.29, 1.82) is 0 Å². The summed E-state index contributed by atoms with van der Waals surface area (Å²) in [5.74, 6) is 0.916. The number of ether oxygens (including phenoxy) is 4. The highest BCUT2D eigenvalue weighted by Gasteiger charge is 2.30. The van der Waals surface area contributed by atoms with Crippen LogP contribution in [0.2, 0.25) is 0 Å². The lowest BCUT2D eigenvalue weighted by molar-refractivity contribution is -0.161. The number of unbranched alkanes of at least 4 members (excludes halogenated alkanes) is 42. The minimum atomic E-state index is -4.96. The first-order valence-electron chi connectivity index (χ1n) is 40.7. The third-order valence-corrected chi connectivity index (χ3v) is 20.2. The molecule has 0 saturated heterocycles. The fraction of sp³-hybridized carbons (Fsp3) is 0.949. The average Bonchev–Trinajstić information content (AvgIpc) is 1.15. The van der Waals surface area contributed by atoms with Gasteiger partial charge in [0.15, 0.2) is 12.2 Å². The van der Waals surface area contributed by atoms with Crippen molar-refractivity contribution in [2.75, 3.05) is 39.6 Å². The van der Waals surface area contributed by atoms with Gasteiger partial charge in [-0.05, 0) is 49.4 Å². The number of aliphatic hydroxyl groups is 1. The SMILES string of the molecule is CC(C)CCCCCCCCCCCCCCCCCCC(=O)O[C@H](COC(=O)CCCCCCCCCCCC(C)C)COP(=O)(O)OCC(O)COP(=O)(O)OC[C@@H](COC(=O)CCCCCCCCC(C)C)OC(=O)CCCCCCCCCCCCCCCCCC(C)C. The maximum atomic E-state index is 13.1. The van der Waals surface area contributed by atoms with Crippen LogP contribution in [0.15, 0.2) is 0 Å². The van der Waals surface area contributed by atoms with Crippen LogP contribution in [-0.4, -0.2) is 96.7 Å². The quantitative estimate of drug-likeness (QED) is 0.0222. The van der Waals surface area contributed by atoms with Gasteiger partial charge in [-0.1, -0.05) is 351 Å². The Hall–Kier alpha value is -1.94. The van der Waals surface area contributed by atoms with E-state index in [9.17, 15) is 43.2 Å². The summed E-state index contributed by atoms with van der Waals surface area (Å²) in [6, 6.07) is 0. The molecule has 0 radical (unpaired) electrons. The summed E-state index contributed by atoms with van der Waals surface area (Å²) in [7, 11) is -9.92. The van der Waals surface area contributed by atoms with Crippen LogP contribution < -0.4 is 0 Å². The lowest BCUT2D eigenvalue weighted by atomic mass is 10.0. The lowest BCUT2D eigenvalue weighted by Crippen LogP contribution is -2.30. The van der Waals surface area contributed by atoms with Crippen molar-refractivity contribution in [2.24, 2.45) is 23.7 Å². The predicted molar refractivity (Wildman–Crippen MR) is 400 cm³/mol. The molecule has 98 heavy (non-hydrogen) atoms. The van der Waals surface area contributed by atoms with Crippen LogP contribution >= 0.6 is 15.6 Å². The van der Waals surface area contributed by atoms with Crippen LogP contribution in [0.3, 0.4) is 0 Å². The molecule has 0 aromatic rings. The minimum Gasteiger partial charge on any atom is -0.462 e. The smallest absolute Gasteiger partial charge is 0.462 e. The maximum Gasteiger partial charge on any atom is 0.472 e. The van der Waals surface area contributed by atoms with Crippen LogP contribution in [0.4, 0.5) is 0 Å². The average molecular weight is 1440 g/mol. The summed E-state index contributed by atoms with van der Waals surface area (Å²) in [6.45, 7) is 14.2. The summed E-state index contributed by atoms with van der Waals surface area (Å²) in [4.78, 5) is 72.9. The molecule has 19 heteroatoms. The molecule has 0 aromatic carbocycles. The number of hydrogen-bond acceptors (Lipinski definition) is 15. The number of carbonyl (C=O) groups excluding carboxylic acids is 4. The molecular weight excluding hydrogens is 1280 g/mol. The van der Waals surface area contributed by atoms with Crippen molar-refractivity contribution in [3.8, 4) is 0 Å². The number of aliphatic hydroxyl groups excluding tert-OH is 1. The molecule has 0 aliphatic heterocycles. The number of phosphoric acid groups is 2. The first-order valence-corrected chi connectivity index (χ1v) is 43.7. The second-order valence-electron chi connectivity index (χ2n) is 30.4. The van der Waals surface area contributed by atoms with Crippen LogP contribution in [0.25, 0.3) is 0 Å². The molecular formula is C79H154O17P2. The van der Waals surface area contributed by atoms with Gasteiger partial charge in [-0.3, -0.25) is 37.3 Å². The first-order chi connectivity index (χ1) is 47.1. The molecule has 0 heterocycles. The molecule has 582 valence electrons. The van der Waals surface area contributed by atoms with Crippen molar-refractivity contribution in [3.63, 3.8) is 0 Å². The van der Waals surface area contributed by atoms with Gasteiger partial charge in [-0.25, -0.2) is 9.13 Å². The van der Waals surface area contributed by atoms with Gasteiger partial charge in [0.1, 0.15) is 19.3 Å². The molecule has 3 unspecified atom stereocenters. The standard InChI is InChI=1S/C79H154O17P2/c1-69(2)55-47-39-31-25-20-16-12-9-10-14-18-22-28-35-45-53-61-78(83)95-74(65-89-76(81)59-51-43-34-30-24-27-33-41-49-57-71(5)6)67-93-97(85,86)91-63-73(80)64-92-98(87,88)94-68-75(66-90-77(82)60-52-44-38-37-42-50-58-72(7)8)96-79(84)62-54-46-36-29-23-19-15-11-13-17-21-26-32-40-48-56-70(3)4/h69-75,80H,9-68H2,1-8H3,(H,85,86)(H,87,88)/t73?,74-,75-/m1/s1. The van der Waals surface area contributed by atoms with Crippen LogP contribution in [0, 0.1) is 23.7 Å². The Kier molecular flexibility index (Phi) is 66.8. The number of rotatable bonds is 76. The summed E-state index contributed by atoms with van der Waals surface area (Å²) in [6.07, 6.45) is 54.3. The van der Waals surface area contributed by atoms with Crippen molar-refractivity contribution >= 4 is 39.5 Å². The second-order valence-corrected chi connectivity index (χ2v) is 33.3. The normalized spacial score (nSPS) is 14.1. The van der Waals surface area contributed by atoms with Gasteiger partial charge < -0.3 is 33.8 Å². The fourth-order valence-electron chi connectivity index (χ4n) is 12.1. The van der Waals surface area contributed by atoms with E-state index in [2.05, 4.69) is 55.4 Å². The van der Waals surface area contributed by atoms with E-state index in [1.165, 1.54) is 199 Å². The zero-order valence-corrected chi connectivity index (χ0v) is 66.2. The third kappa shape index (κ3) is 72.4. The number of phosphoric ester groups is 2. The summed E-state index contributed by atoms with van der Waals surface area (Å²) < 4.78 is 68.6. The Bertz CT molecular complexity index is 1920. The van der Waals surface area contributed by atoms with Crippen molar-refractivity contribution < 1.29 is 80.2 Å². The molecule has 0 amide bonds. The lowest BCUT2D eigenvalue weighted by Gasteiger charge is -2.21. The Morgan fingerprint density at radius 3 is 0.633 bits per heavy atom. The highest BCUT2D eigenvalue weighted by atomic mass is 31.2. The Morgan fingerprint density at radius 2 is 0.429 bits per heavy atom. The predicted octanol–water partition coefficient (Wildman–Crippen LogP) is 23.2. The molecule has 3 N–H and O–H groups in total. The Labute approximate surface area is 600 Å². The molecule has 0 saturated carbocycles. The van der Waals surface area contributed by atoms with E-state index in [1.54, 1.807) is 0 Å². The highest BCUT2D eigenvalue weighted by Crippen LogP contribution is 2.45. The van der Waals surface area contributed by atoms with Crippen molar-refractivity contribution in [1.82, 2.24) is 0 Å². The van der Waals surface area contributed by atoms with Crippen LogP contribution in [0.5, 0.6) is 0 Å². The number of hydrogen-bond donors (Lipinski definition) is 3. The molecule has 0 bridgehead atoms. The van der Waals surface area contributed by atoms with Gasteiger partial charge in [-0.2, -0.15) is 0 Å². The van der Waals surface area contributed by atoms with E-state index in [0.29, 0.717) is 31.6 Å². The van der Waals surface area contributed by atoms with E-state index in [4.69, 9.17) is 37.0 Å². The molecule has 0 spiro atoms. The summed E-state index contributed by atoms with van der Waals surface area (Å²) in [5, 5.41) is 10.6. The van der Waals surface area contributed by atoms with Gasteiger partial charge in [0.05, 0.1) is 26.4 Å². The first kappa shape index (κ1) is 96.1. The van der Waals surface area contributed by atoms with E-state index in [0.717, 1.165) is 114 Å². The topological polar surface area (TPSA) is 237 Å². The fourth-order valence-corrected chi connectivity index (χ4v) is 13.7. The third-order valence-electron chi connectivity index (χ3n) is 18.3. The summed E-state index contributed by atoms with van der Waals surface area (Å²) >= 11 is 0. The molecule has 0 aliphatic rings. The van der Waals surface area contributed by atoms with E-state index in [-0.39, 0.29) is 25.7 Å². The highest BCUT2D eigenvalue weighted by molar-refractivity contribution is 7.47. The van der Waals surface area contributed by atoms with Gasteiger partial charge in [0, 0.05) is 25.7 Å². The van der Waals surface area contributed by atoms with Gasteiger partial charge in [0.2, 0.25) is 0 Å². The van der Waals surface area contributed by atoms with Gasteiger partial charge >= 0.3 is 39.5 Å². The Balaban J connectivity index is 5.20. The minimum absolute atomic E-state index is 0.106. The molecule has 0 aromatic heterocycles. The van der Waals surface area contributed by atoms with E-state index >= 15 is 0 Å². The second kappa shape index (κ2) is 68.2. The van der Waals surface area contributed by atoms with Gasteiger partial charge in [-0.15, -0.1) is 0 Å². The summed E-state index contributed by atoms with van der Waals surface area (Å²) in [5.41, 5.74) is 0. The number of carbonyl (C=O) groups is 4. The molecule has 0 fully saturated rings. The molecule has 0 aliphatic carbocycles. The largest absolute Gasteiger partial charge is 0.472 e. The van der Waals surface area contributed by atoms with Crippen molar-refractivity contribution in [3.05, 3.63) is 0 Å². The zero-order chi connectivity index (χ0) is 72.4. The monoisotopic (exact) mass is 1440 g/mol. The molecule has 5 atom stereocenters. The van der Waals surface area contributed by atoms with E-state index in [1.807, 2.05) is 0 Å². The van der Waals surface area contributed by atoms with Gasteiger partial charge in [0.25, 0.3) is 0 Å². The molecule has 17 nitrogen and oxygen atoms in total. The molecule has 0 rings (SSSR count). The number of esters is 4. The Morgan fingerprint density at radius 1 is 0.255 bits per heavy atom. The van der Waals surface area contributed by atoms with Crippen LogP contribution in [-0.2, 0) is 65.4 Å². The zero-order valence-electron chi connectivity index (χ0n) is 64.4. The van der Waals surface area contributed by atoms with Crippen molar-refractivity contribution in [2.45, 2.75) is 420 Å².